The molecule has 0 saturated heterocycles. The molecule has 0 spiro atoms. The molecule has 2 N–H and O–H groups in total. The third-order valence-corrected chi connectivity index (χ3v) is 3.63. The number of hydrogen-bond donors (Lipinski definition) is 1. The minimum atomic E-state index is -1.30. The topological polar surface area (TPSA) is 52.3 Å². The maximum absolute atomic E-state index is 11.9. The van der Waals surface area contributed by atoms with Crippen molar-refractivity contribution < 1.29 is 9.53 Å². The summed E-state index contributed by atoms with van der Waals surface area (Å²) in [5, 5.41) is 0. The summed E-state index contributed by atoms with van der Waals surface area (Å²) in [4.78, 5) is 10.6. The van der Waals surface area contributed by atoms with Crippen LogP contribution in [0.4, 0.5) is 0 Å². The van der Waals surface area contributed by atoms with Crippen molar-refractivity contribution in [1.82, 2.24) is 0 Å². The van der Waals surface area contributed by atoms with Gasteiger partial charge in [0.1, 0.15) is 0 Å². The van der Waals surface area contributed by atoms with Crippen molar-refractivity contribution in [1.29, 1.82) is 0 Å². The predicted molar refractivity (Wildman–Crippen MR) is 78.4 cm³/mol. The van der Waals surface area contributed by atoms with E-state index in [1.54, 1.807) is 0 Å². The number of amides is 1. The second-order valence-corrected chi connectivity index (χ2v) is 5.63. The predicted octanol–water partition coefficient (Wildman–Crippen LogP) is 2.90. The molecule has 1 aromatic rings. The number of ether oxygens (including phenoxy) is 1. The lowest BCUT2D eigenvalue weighted by molar-refractivity contribution is -0.123. The van der Waals surface area contributed by atoms with Crippen molar-refractivity contribution >= 4 is 17.5 Å². The van der Waals surface area contributed by atoms with Gasteiger partial charge in [-0.2, -0.15) is 0 Å². The number of benzene rings is 1. The van der Waals surface area contributed by atoms with E-state index in [4.69, 9.17) is 22.1 Å². The summed E-state index contributed by atoms with van der Waals surface area (Å²) in [5.41, 5.74) is 8.30. The third-order valence-electron chi connectivity index (χ3n) is 3.14. The van der Waals surface area contributed by atoms with Crippen molar-refractivity contribution in [3.63, 3.8) is 0 Å². The van der Waals surface area contributed by atoms with Gasteiger partial charge in [-0.05, 0) is 43.9 Å². The first kappa shape index (κ1) is 16.0. The average Bonchev–Trinajstić information content (AvgIpc) is 2.35. The Hall–Kier alpha value is -1.06. The van der Waals surface area contributed by atoms with Gasteiger partial charge in [-0.1, -0.05) is 25.1 Å². The molecule has 19 heavy (non-hydrogen) atoms. The molecule has 1 unspecified atom stereocenters. The van der Waals surface area contributed by atoms with Gasteiger partial charge < -0.3 is 10.5 Å². The molecule has 0 aliphatic carbocycles. The highest BCUT2D eigenvalue weighted by Gasteiger charge is 2.39. The molecular weight excluding hydrogens is 262 g/mol. The van der Waals surface area contributed by atoms with Crippen LogP contribution in [0.1, 0.15) is 37.5 Å². The van der Waals surface area contributed by atoms with E-state index in [1.807, 2.05) is 45.9 Å². The fourth-order valence-electron chi connectivity index (χ4n) is 2.14. The van der Waals surface area contributed by atoms with Gasteiger partial charge in [0.25, 0.3) is 0 Å². The van der Waals surface area contributed by atoms with Crippen LogP contribution in [0.15, 0.2) is 18.2 Å². The standard InChI is InChI=1S/C15H22ClNO2/c1-5-12-8-6-7-11(4)13(12)15(16,14(17)18)9-19-10(2)3/h6-8,10H,5,9H2,1-4H3,(H2,17,18). The van der Waals surface area contributed by atoms with Crippen LogP contribution in [0.25, 0.3) is 0 Å². The highest BCUT2D eigenvalue weighted by Crippen LogP contribution is 2.35. The number of hydrogen-bond acceptors (Lipinski definition) is 2. The van der Waals surface area contributed by atoms with Gasteiger partial charge in [0.15, 0.2) is 4.87 Å². The number of alkyl halides is 1. The first-order valence-corrected chi connectivity index (χ1v) is 6.90. The van der Waals surface area contributed by atoms with E-state index in [0.29, 0.717) is 0 Å². The minimum absolute atomic E-state index is 0.00781. The van der Waals surface area contributed by atoms with Crippen LogP contribution in [0.5, 0.6) is 0 Å². The van der Waals surface area contributed by atoms with Gasteiger partial charge in [-0.3, -0.25) is 4.79 Å². The highest BCUT2D eigenvalue weighted by atomic mass is 35.5. The molecule has 3 nitrogen and oxygen atoms in total. The van der Waals surface area contributed by atoms with Gasteiger partial charge >= 0.3 is 0 Å². The van der Waals surface area contributed by atoms with Crippen LogP contribution in [-0.4, -0.2) is 18.6 Å². The Labute approximate surface area is 120 Å². The lowest BCUT2D eigenvalue weighted by Gasteiger charge is -2.28. The summed E-state index contributed by atoms with van der Waals surface area (Å²) >= 11 is 6.53. The molecule has 1 aromatic carbocycles. The first-order valence-electron chi connectivity index (χ1n) is 6.52. The SMILES string of the molecule is CCc1cccc(C)c1C(Cl)(COC(C)C)C(N)=O. The zero-order valence-electron chi connectivity index (χ0n) is 12.0. The first-order chi connectivity index (χ1) is 8.82. The maximum Gasteiger partial charge on any atom is 0.245 e. The van der Waals surface area contributed by atoms with Crippen LogP contribution in [0, 0.1) is 6.92 Å². The van der Waals surface area contributed by atoms with Crippen molar-refractivity contribution in [3.05, 3.63) is 34.9 Å². The second kappa shape index (κ2) is 6.40. The molecule has 0 radical (unpaired) electrons. The number of aryl methyl sites for hydroxylation is 2. The Balaban J connectivity index is 3.29. The van der Waals surface area contributed by atoms with Gasteiger partial charge in [-0.15, -0.1) is 11.6 Å². The molecule has 0 heterocycles. The molecule has 0 aliphatic heterocycles. The van der Waals surface area contributed by atoms with Gasteiger partial charge in [0.05, 0.1) is 12.7 Å². The van der Waals surface area contributed by atoms with Gasteiger partial charge in [-0.25, -0.2) is 0 Å². The van der Waals surface area contributed by atoms with Crippen LogP contribution in [0.3, 0.4) is 0 Å². The van der Waals surface area contributed by atoms with Crippen molar-refractivity contribution in [3.8, 4) is 0 Å². The van der Waals surface area contributed by atoms with Crippen LogP contribution < -0.4 is 5.73 Å². The number of halogens is 1. The molecular formula is C15H22ClNO2. The molecule has 106 valence electrons. The Morgan fingerprint density at radius 1 is 1.47 bits per heavy atom. The van der Waals surface area contributed by atoms with Crippen molar-refractivity contribution in [2.24, 2.45) is 5.73 Å². The Bertz CT molecular complexity index is 459. The maximum atomic E-state index is 11.9. The fourth-order valence-corrected chi connectivity index (χ4v) is 2.47. The minimum Gasteiger partial charge on any atom is -0.376 e. The van der Waals surface area contributed by atoms with Crippen LogP contribution >= 0.6 is 11.6 Å². The molecule has 0 fully saturated rings. The van der Waals surface area contributed by atoms with E-state index in [-0.39, 0.29) is 12.7 Å². The number of carbonyl (C=O) groups is 1. The zero-order chi connectivity index (χ0) is 14.6. The molecule has 0 saturated carbocycles. The lowest BCUT2D eigenvalue weighted by Crippen LogP contribution is -2.42. The Morgan fingerprint density at radius 2 is 2.11 bits per heavy atom. The average molecular weight is 284 g/mol. The summed E-state index contributed by atoms with van der Waals surface area (Å²) in [6.45, 7) is 7.84. The molecule has 1 atom stereocenters. The van der Waals surface area contributed by atoms with E-state index >= 15 is 0 Å². The number of nitrogens with two attached hydrogens (primary N) is 1. The molecule has 0 aromatic heterocycles. The second-order valence-electron chi connectivity index (χ2n) is 4.99. The third kappa shape index (κ3) is 3.48. The Kier molecular flexibility index (Phi) is 5.39. The fraction of sp³-hybridized carbons (Fsp3) is 0.533. The summed E-state index contributed by atoms with van der Waals surface area (Å²) in [5.74, 6) is -0.571. The molecule has 0 aliphatic rings. The smallest absolute Gasteiger partial charge is 0.245 e. The molecule has 4 heteroatoms. The van der Waals surface area contributed by atoms with E-state index in [9.17, 15) is 4.79 Å². The molecule has 0 bridgehead atoms. The molecule has 1 rings (SSSR count). The number of carbonyl (C=O) groups excluding carboxylic acids is 1. The highest BCUT2D eigenvalue weighted by molar-refractivity contribution is 6.35. The van der Waals surface area contributed by atoms with E-state index in [0.717, 1.165) is 23.1 Å². The van der Waals surface area contributed by atoms with E-state index in [1.165, 1.54) is 0 Å². The summed E-state index contributed by atoms with van der Waals surface area (Å²) < 4.78 is 5.54. The number of rotatable bonds is 6. The van der Waals surface area contributed by atoms with Gasteiger partial charge in [0, 0.05) is 0 Å². The number of primary amides is 1. The van der Waals surface area contributed by atoms with Gasteiger partial charge in [0.2, 0.25) is 5.91 Å². The van der Waals surface area contributed by atoms with Crippen molar-refractivity contribution in [2.75, 3.05) is 6.61 Å². The van der Waals surface area contributed by atoms with E-state index in [2.05, 4.69) is 0 Å². The monoisotopic (exact) mass is 283 g/mol. The Morgan fingerprint density at radius 3 is 2.58 bits per heavy atom. The lowest BCUT2D eigenvalue weighted by atomic mass is 9.88. The van der Waals surface area contributed by atoms with Crippen LogP contribution in [0.2, 0.25) is 0 Å². The summed E-state index contributed by atoms with van der Waals surface area (Å²) in [7, 11) is 0. The molecule has 1 amide bonds. The van der Waals surface area contributed by atoms with Crippen molar-refractivity contribution in [2.45, 2.75) is 45.1 Å². The quantitative estimate of drug-likeness (QED) is 0.816. The summed E-state index contributed by atoms with van der Waals surface area (Å²) in [6, 6.07) is 5.86. The zero-order valence-corrected chi connectivity index (χ0v) is 12.8. The van der Waals surface area contributed by atoms with E-state index < -0.39 is 10.8 Å². The van der Waals surface area contributed by atoms with Crippen LogP contribution in [-0.2, 0) is 20.8 Å². The normalized spacial score (nSPS) is 14.4. The largest absolute Gasteiger partial charge is 0.376 e. The summed E-state index contributed by atoms with van der Waals surface area (Å²) in [6.07, 6.45) is 0.784.